The van der Waals surface area contributed by atoms with Crippen LogP contribution in [0, 0.1) is 5.82 Å². The first kappa shape index (κ1) is 27.3. The molecule has 200 valence electrons. The van der Waals surface area contributed by atoms with Gasteiger partial charge in [-0.25, -0.2) is 4.39 Å². The van der Waals surface area contributed by atoms with Crippen LogP contribution in [0.25, 0.3) is 0 Å². The number of benzene rings is 3. The zero-order valence-electron chi connectivity index (χ0n) is 21.8. The molecule has 0 aliphatic heterocycles. The van der Waals surface area contributed by atoms with Crippen LogP contribution in [0.3, 0.4) is 0 Å². The monoisotopic (exact) mass is 527 g/mol. The van der Waals surface area contributed by atoms with Gasteiger partial charge in [-0.3, -0.25) is 14.6 Å². The smallest absolute Gasteiger partial charge is 0.247 e. The predicted octanol–water partition coefficient (Wildman–Crippen LogP) is 4.87. The van der Waals surface area contributed by atoms with E-state index in [9.17, 15) is 14.0 Å². The SMILES string of the molecule is COc1ccc(CC(=O)N(Cc2ccc(F)cc2)[C@@H](C(=O)NCc2cccnc2)c2ccccc2)cc1OC. The number of hydrogen-bond acceptors (Lipinski definition) is 5. The molecule has 1 heterocycles. The first-order chi connectivity index (χ1) is 19.0. The van der Waals surface area contributed by atoms with Crippen LogP contribution in [-0.2, 0) is 29.1 Å². The Morgan fingerprint density at radius 3 is 2.26 bits per heavy atom. The molecule has 0 radical (unpaired) electrons. The molecule has 0 bridgehead atoms. The number of carbonyl (C=O) groups is 2. The fourth-order valence-corrected chi connectivity index (χ4v) is 4.27. The van der Waals surface area contributed by atoms with Gasteiger partial charge >= 0.3 is 0 Å². The van der Waals surface area contributed by atoms with Crippen LogP contribution in [0.5, 0.6) is 11.5 Å². The highest BCUT2D eigenvalue weighted by Crippen LogP contribution is 2.29. The Hall–Kier alpha value is -4.72. The van der Waals surface area contributed by atoms with E-state index in [2.05, 4.69) is 10.3 Å². The number of halogens is 1. The van der Waals surface area contributed by atoms with Crippen molar-refractivity contribution in [1.29, 1.82) is 0 Å². The van der Waals surface area contributed by atoms with Gasteiger partial charge in [0.25, 0.3) is 0 Å². The zero-order chi connectivity index (χ0) is 27.6. The third-order valence-electron chi connectivity index (χ3n) is 6.25. The van der Waals surface area contributed by atoms with Gasteiger partial charge < -0.3 is 19.7 Å². The van der Waals surface area contributed by atoms with E-state index in [-0.39, 0.29) is 37.1 Å². The Morgan fingerprint density at radius 2 is 1.59 bits per heavy atom. The average molecular weight is 528 g/mol. The summed E-state index contributed by atoms with van der Waals surface area (Å²) in [4.78, 5) is 33.3. The van der Waals surface area contributed by atoms with Gasteiger partial charge in [0, 0.05) is 25.5 Å². The molecule has 4 rings (SSSR count). The van der Waals surface area contributed by atoms with Crippen LogP contribution < -0.4 is 14.8 Å². The van der Waals surface area contributed by atoms with E-state index in [0.717, 1.165) is 5.56 Å². The minimum Gasteiger partial charge on any atom is -0.493 e. The summed E-state index contributed by atoms with van der Waals surface area (Å²) in [6.45, 7) is 0.358. The van der Waals surface area contributed by atoms with Crippen LogP contribution in [0.4, 0.5) is 4.39 Å². The van der Waals surface area contributed by atoms with E-state index < -0.39 is 6.04 Å². The lowest BCUT2D eigenvalue weighted by Crippen LogP contribution is -2.43. The molecule has 0 fully saturated rings. The lowest BCUT2D eigenvalue weighted by atomic mass is 10.0. The molecule has 39 heavy (non-hydrogen) atoms. The molecule has 0 aliphatic carbocycles. The summed E-state index contributed by atoms with van der Waals surface area (Å²) in [5.74, 6) is 0.0519. The standard InChI is InChI=1S/C31H30FN3O4/c1-38-27-15-12-23(17-28(27)39-2)18-29(36)35(21-22-10-13-26(32)14-11-22)30(25-8-4-3-5-9-25)31(37)34-20-24-7-6-16-33-19-24/h3-17,19,30H,18,20-21H2,1-2H3,(H,34,37)/t30-/m1/s1. The second-order valence-electron chi connectivity index (χ2n) is 8.91. The molecule has 0 unspecified atom stereocenters. The van der Waals surface area contributed by atoms with E-state index in [1.165, 1.54) is 24.1 Å². The van der Waals surface area contributed by atoms with E-state index in [4.69, 9.17) is 9.47 Å². The van der Waals surface area contributed by atoms with Crippen LogP contribution in [0.15, 0.2) is 97.3 Å². The lowest BCUT2D eigenvalue weighted by Gasteiger charge is -2.32. The number of nitrogens with one attached hydrogen (secondary N) is 1. The molecule has 0 saturated carbocycles. The molecule has 8 heteroatoms. The summed E-state index contributed by atoms with van der Waals surface area (Å²) in [5, 5.41) is 2.96. The van der Waals surface area contributed by atoms with Gasteiger partial charge in [-0.15, -0.1) is 0 Å². The number of pyridine rings is 1. The normalized spacial score (nSPS) is 11.4. The summed E-state index contributed by atoms with van der Waals surface area (Å²) in [5.41, 5.74) is 2.88. The van der Waals surface area contributed by atoms with E-state index in [1.807, 2.05) is 36.4 Å². The molecular weight excluding hydrogens is 497 g/mol. The Morgan fingerprint density at radius 1 is 0.872 bits per heavy atom. The van der Waals surface area contributed by atoms with Crippen molar-refractivity contribution in [3.05, 3.63) is 125 Å². The minimum absolute atomic E-state index is 0.0147. The number of ether oxygens (including phenoxy) is 2. The number of carbonyl (C=O) groups excluding carboxylic acids is 2. The fourth-order valence-electron chi connectivity index (χ4n) is 4.27. The van der Waals surface area contributed by atoms with Crippen LogP contribution >= 0.6 is 0 Å². The molecule has 2 amide bonds. The number of hydrogen-bond donors (Lipinski definition) is 1. The van der Waals surface area contributed by atoms with Gasteiger partial charge in [0.15, 0.2) is 11.5 Å². The lowest BCUT2D eigenvalue weighted by molar-refractivity contribution is -0.141. The van der Waals surface area contributed by atoms with E-state index in [0.29, 0.717) is 28.2 Å². The van der Waals surface area contributed by atoms with Gasteiger partial charge in [0.05, 0.1) is 20.6 Å². The third-order valence-corrected chi connectivity index (χ3v) is 6.25. The van der Waals surface area contributed by atoms with Crippen molar-refractivity contribution in [2.24, 2.45) is 0 Å². The summed E-state index contributed by atoms with van der Waals surface area (Å²) in [6.07, 6.45) is 3.35. The largest absolute Gasteiger partial charge is 0.493 e. The van der Waals surface area contributed by atoms with Crippen molar-refractivity contribution in [3.63, 3.8) is 0 Å². The van der Waals surface area contributed by atoms with Gasteiger partial charge in [0.1, 0.15) is 11.9 Å². The zero-order valence-corrected chi connectivity index (χ0v) is 21.8. The van der Waals surface area contributed by atoms with Crippen LogP contribution in [0.1, 0.15) is 28.3 Å². The van der Waals surface area contributed by atoms with Crippen LogP contribution in [0.2, 0.25) is 0 Å². The highest BCUT2D eigenvalue weighted by Gasteiger charge is 2.31. The Labute approximate surface area is 227 Å². The second-order valence-corrected chi connectivity index (χ2v) is 8.91. The first-order valence-corrected chi connectivity index (χ1v) is 12.4. The number of methoxy groups -OCH3 is 2. The molecular formula is C31H30FN3O4. The molecule has 3 aromatic carbocycles. The maximum atomic E-state index is 13.9. The van der Waals surface area contributed by atoms with Crippen molar-refractivity contribution in [2.45, 2.75) is 25.6 Å². The second kappa shape index (κ2) is 13.2. The molecule has 1 atom stereocenters. The minimum atomic E-state index is -0.930. The molecule has 4 aromatic rings. The summed E-state index contributed by atoms with van der Waals surface area (Å²) in [7, 11) is 3.07. The summed E-state index contributed by atoms with van der Waals surface area (Å²) >= 11 is 0. The quantitative estimate of drug-likeness (QED) is 0.301. The van der Waals surface area contributed by atoms with E-state index >= 15 is 0 Å². The number of amides is 2. The molecule has 7 nitrogen and oxygen atoms in total. The maximum Gasteiger partial charge on any atom is 0.247 e. The summed E-state index contributed by atoms with van der Waals surface area (Å²) in [6, 6.07) is 23.0. The van der Waals surface area contributed by atoms with Crippen molar-refractivity contribution in [2.75, 3.05) is 14.2 Å². The van der Waals surface area contributed by atoms with Gasteiger partial charge in [-0.1, -0.05) is 54.6 Å². The Balaban J connectivity index is 1.68. The van der Waals surface area contributed by atoms with E-state index in [1.54, 1.807) is 55.9 Å². The highest BCUT2D eigenvalue weighted by molar-refractivity contribution is 5.89. The van der Waals surface area contributed by atoms with Crippen molar-refractivity contribution in [3.8, 4) is 11.5 Å². The van der Waals surface area contributed by atoms with Gasteiger partial charge in [0.2, 0.25) is 11.8 Å². The number of rotatable bonds is 11. The summed E-state index contributed by atoms with van der Waals surface area (Å²) < 4.78 is 24.4. The topological polar surface area (TPSA) is 80.8 Å². The average Bonchev–Trinajstić information content (AvgIpc) is 2.97. The first-order valence-electron chi connectivity index (χ1n) is 12.4. The third kappa shape index (κ3) is 7.19. The maximum absolute atomic E-state index is 13.9. The fraction of sp³-hybridized carbons (Fsp3) is 0.194. The van der Waals surface area contributed by atoms with Crippen molar-refractivity contribution >= 4 is 11.8 Å². The highest BCUT2D eigenvalue weighted by atomic mass is 19.1. The Kier molecular flexibility index (Phi) is 9.24. The molecule has 1 N–H and O–H groups in total. The number of nitrogens with zero attached hydrogens (tertiary/aromatic N) is 2. The van der Waals surface area contributed by atoms with Gasteiger partial charge in [-0.2, -0.15) is 0 Å². The van der Waals surface area contributed by atoms with Crippen molar-refractivity contribution in [1.82, 2.24) is 15.2 Å². The molecule has 0 aliphatic rings. The van der Waals surface area contributed by atoms with Crippen LogP contribution in [-0.4, -0.2) is 35.9 Å². The molecule has 0 saturated heterocycles. The Bertz CT molecular complexity index is 1380. The molecule has 0 spiro atoms. The molecule has 1 aromatic heterocycles. The van der Waals surface area contributed by atoms with Crippen molar-refractivity contribution < 1.29 is 23.5 Å². The predicted molar refractivity (Wildman–Crippen MR) is 145 cm³/mol. The van der Waals surface area contributed by atoms with Gasteiger partial charge in [-0.05, 0) is 52.6 Å². The number of aromatic nitrogens is 1.